The molecule has 4 heteroatoms. The number of unbranched alkanes of at least 4 members (excludes halogenated alkanes) is 5. The largest absolute Gasteiger partial charge is 0.389 e. The Hall–Kier alpha value is -0.970. The molecule has 0 aliphatic rings. The van der Waals surface area contributed by atoms with Crippen LogP contribution in [0.15, 0.2) is 24.4 Å². The lowest BCUT2D eigenvalue weighted by Crippen LogP contribution is -2.30. The van der Waals surface area contributed by atoms with Gasteiger partial charge in [0.25, 0.3) is 0 Å². The lowest BCUT2D eigenvalue weighted by molar-refractivity contribution is 0.0352. The Morgan fingerprint density at radius 1 is 1.19 bits per heavy atom. The van der Waals surface area contributed by atoms with Gasteiger partial charge in [0, 0.05) is 25.9 Å². The lowest BCUT2D eigenvalue weighted by Gasteiger charge is -2.12. The number of aliphatic hydroxyl groups excluding tert-OH is 1. The van der Waals surface area contributed by atoms with Crippen LogP contribution in [-0.4, -0.2) is 36.0 Å². The monoisotopic (exact) mass is 294 g/mol. The maximum atomic E-state index is 9.79. The summed E-state index contributed by atoms with van der Waals surface area (Å²) in [6.07, 6.45) is 8.90. The molecular weight excluding hydrogens is 264 g/mol. The first-order valence-electron chi connectivity index (χ1n) is 8.19. The maximum absolute atomic E-state index is 9.79. The zero-order valence-electron chi connectivity index (χ0n) is 13.3. The molecule has 0 saturated carbocycles. The molecule has 0 aliphatic carbocycles. The average Bonchev–Trinajstić information content (AvgIpc) is 2.51. The van der Waals surface area contributed by atoms with Gasteiger partial charge in [0.2, 0.25) is 0 Å². The Morgan fingerprint density at radius 2 is 2.00 bits per heavy atom. The van der Waals surface area contributed by atoms with Gasteiger partial charge < -0.3 is 15.2 Å². The van der Waals surface area contributed by atoms with Crippen LogP contribution in [0.25, 0.3) is 0 Å². The Labute approximate surface area is 128 Å². The number of hydrogen-bond acceptors (Lipinski definition) is 4. The van der Waals surface area contributed by atoms with Crippen molar-refractivity contribution in [2.24, 2.45) is 0 Å². The van der Waals surface area contributed by atoms with Gasteiger partial charge in [-0.05, 0) is 18.6 Å². The van der Waals surface area contributed by atoms with Gasteiger partial charge in [-0.3, -0.25) is 4.98 Å². The lowest BCUT2D eigenvalue weighted by atomic mass is 10.1. The van der Waals surface area contributed by atoms with Crippen LogP contribution >= 0.6 is 0 Å². The molecule has 1 heterocycles. The minimum atomic E-state index is -0.450. The van der Waals surface area contributed by atoms with Crippen LogP contribution in [0.3, 0.4) is 0 Å². The topological polar surface area (TPSA) is 54.4 Å². The molecule has 0 radical (unpaired) electrons. The van der Waals surface area contributed by atoms with Crippen molar-refractivity contribution in [2.45, 2.75) is 58.1 Å². The average molecular weight is 294 g/mol. The van der Waals surface area contributed by atoms with Crippen molar-refractivity contribution in [1.82, 2.24) is 10.3 Å². The quantitative estimate of drug-likeness (QED) is 0.549. The number of aliphatic hydroxyl groups is 1. The predicted molar refractivity (Wildman–Crippen MR) is 86.1 cm³/mol. The van der Waals surface area contributed by atoms with Gasteiger partial charge in [-0.1, -0.05) is 45.1 Å². The Balaban J connectivity index is 1.88. The Kier molecular flexibility index (Phi) is 11.0. The third-order valence-electron chi connectivity index (χ3n) is 3.36. The van der Waals surface area contributed by atoms with E-state index in [1.807, 2.05) is 18.2 Å². The van der Waals surface area contributed by atoms with Gasteiger partial charge in [-0.25, -0.2) is 0 Å². The third kappa shape index (κ3) is 10.4. The fourth-order valence-corrected chi connectivity index (χ4v) is 2.13. The first kappa shape index (κ1) is 18.1. The molecule has 1 aromatic heterocycles. The molecule has 21 heavy (non-hydrogen) atoms. The molecule has 0 bridgehead atoms. The van der Waals surface area contributed by atoms with Crippen molar-refractivity contribution in [3.05, 3.63) is 30.1 Å². The summed E-state index contributed by atoms with van der Waals surface area (Å²) >= 11 is 0. The Morgan fingerprint density at radius 3 is 2.76 bits per heavy atom. The van der Waals surface area contributed by atoms with Crippen LogP contribution in [0.2, 0.25) is 0 Å². The molecule has 1 aromatic rings. The number of pyridine rings is 1. The van der Waals surface area contributed by atoms with Gasteiger partial charge in [0.05, 0.1) is 18.4 Å². The maximum Gasteiger partial charge on any atom is 0.0897 e. The zero-order valence-corrected chi connectivity index (χ0v) is 13.3. The molecule has 1 unspecified atom stereocenters. The molecule has 1 rings (SSSR count). The number of nitrogens with one attached hydrogen (secondary N) is 1. The first-order valence-corrected chi connectivity index (χ1v) is 8.19. The smallest absolute Gasteiger partial charge is 0.0897 e. The number of rotatable bonds is 13. The SMILES string of the molecule is CCCCCCCCOCC(O)CNCc1ccccn1. The van der Waals surface area contributed by atoms with Crippen LogP contribution in [-0.2, 0) is 11.3 Å². The van der Waals surface area contributed by atoms with Crippen molar-refractivity contribution in [3.63, 3.8) is 0 Å². The minimum Gasteiger partial charge on any atom is -0.389 e. The molecule has 0 amide bonds. The summed E-state index contributed by atoms with van der Waals surface area (Å²) in [5, 5.41) is 13.0. The fourth-order valence-electron chi connectivity index (χ4n) is 2.13. The van der Waals surface area contributed by atoms with Crippen molar-refractivity contribution < 1.29 is 9.84 Å². The summed E-state index contributed by atoms with van der Waals surface area (Å²) in [6, 6.07) is 5.83. The van der Waals surface area contributed by atoms with E-state index >= 15 is 0 Å². The minimum absolute atomic E-state index is 0.407. The van der Waals surface area contributed by atoms with Crippen LogP contribution < -0.4 is 5.32 Å². The van der Waals surface area contributed by atoms with Crippen LogP contribution in [0, 0.1) is 0 Å². The highest BCUT2D eigenvalue weighted by molar-refractivity contribution is 5.02. The number of ether oxygens (including phenoxy) is 1. The van der Waals surface area contributed by atoms with Gasteiger partial charge in [0.15, 0.2) is 0 Å². The second kappa shape index (κ2) is 12.7. The van der Waals surface area contributed by atoms with Gasteiger partial charge in [-0.2, -0.15) is 0 Å². The molecule has 1 atom stereocenters. The van der Waals surface area contributed by atoms with E-state index in [9.17, 15) is 5.11 Å². The molecule has 2 N–H and O–H groups in total. The molecule has 0 saturated heterocycles. The van der Waals surface area contributed by atoms with Crippen LogP contribution in [0.5, 0.6) is 0 Å². The number of aromatic nitrogens is 1. The number of hydrogen-bond donors (Lipinski definition) is 2. The summed E-state index contributed by atoms with van der Waals surface area (Å²) in [5.74, 6) is 0. The third-order valence-corrected chi connectivity index (χ3v) is 3.36. The van der Waals surface area contributed by atoms with Crippen molar-refractivity contribution in [3.8, 4) is 0 Å². The zero-order chi connectivity index (χ0) is 15.2. The van der Waals surface area contributed by atoms with E-state index in [0.717, 1.165) is 18.7 Å². The highest BCUT2D eigenvalue weighted by Gasteiger charge is 2.03. The molecule has 0 aliphatic heterocycles. The van der Waals surface area contributed by atoms with Gasteiger partial charge >= 0.3 is 0 Å². The van der Waals surface area contributed by atoms with Crippen molar-refractivity contribution >= 4 is 0 Å². The first-order chi connectivity index (χ1) is 10.3. The summed E-state index contributed by atoms with van der Waals surface area (Å²) < 4.78 is 5.50. The number of nitrogens with zero attached hydrogens (tertiary/aromatic N) is 1. The fraction of sp³-hybridized carbons (Fsp3) is 0.706. The van der Waals surface area contributed by atoms with Crippen molar-refractivity contribution in [1.29, 1.82) is 0 Å². The van der Waals surface area contributed by atoms with E-state index in [2.05, 4.69) is 17.2 Å². The summed E-state index contributed by atoms with van der Waals surface area (Å²) in [7, 11) is 0. The summed E-state index contributed by atoms with van der Waals surface area (Å²) in [5.41, 5.74) is 0.984. The normalized spacial score (nSPS) is 12.5. The van der Waals surface area contributed by atoms with Gasteiger partial charge in [0.1, 0.15) is 0 Å². The molecular formula is C17H30N2O2. The van der Waals surface area contributed by atoms with E-state index in [1.54, 1.807) is 6.20 Å². The molecule has 120 valence electrons. The second-order valence-electron chi connectivity index (χ2n) is 5.45. The van der Waals surface area contributed by atoms with E-state index < -0.39 is 6.10 Å². The highest BCUT2D eigenvalue weighted by atomic mass is 16.5. The molecule has 4 nitrogen and oxygen atoms in total. The van der Waals surface area contributed by atoms with E-state index in [0.29, 0.717) is 19.7 Å². The van der Waals surface area contributed by atoms with Crippen molar-refractivity contribution in [2.75, 3.05) is 19.8 Å². The van der Waals surface area contributed by atoms with Crippen LogP contribution in [0.4, 0.5) is 0 Å². The van der Waals surface area contributed by atoms with E-state index in [4.69, 9.17) is 4.74 Å². The van der Waals surface area contributed by atoms with Gasteiger partial charge in [-0.15, -0.1) is 0 Å². The van der Waals surface area contributed by atoms with E-state index in [-0.39, 0.29) is 0 Å². The second-order valence-corrected chi connectivity index (χ2v) is 5.45. The molecule has 0 aromatic carbocycles. The molecule has 0 spiro atoms. The van der Waals surface area contributed by atoms with E-state index in [1.165, 1.54) is 32.1 Å². The Bertz CT molecular complexity index is 333. The standard InChI is InChI=1S/C17H30N2O2/c1-2-3-4-5-6-9-12-21-15-17(20)14-18-13-16-10-7-8-11-19-16/h7-8,10-11,17-18,20H,2-6,9,12-15H2,1H3. The highest BCUT2D eigenvalue weighted by Crippen LogP contribution is 2.04. The summed E-state index contributed by atoms with van der Waals surface area (Å²) in [6.45, 7) is 4.60. The van der Waals surface area contributed by atoms with Crippen LogP contribution in [0.1, 0.15) is 51.1 Å². The summed E-state index contributed by atoms with van der Waals surface area (Å²) in [4.78, 5) is 4.22. The molecule has 0 fully saturated rings. The predicted octanol–water partition coefficient (Wildman–Crippen LogP) is 2.91.